The number of pyridine rings is 1. The van der Waals surface area contributed by atoms with E-state index in [9.17, 15) is 4.79 Å². The van der Waals surface area contributed by atoms with Crippen LogP contribution in [0, 0.1) is 5.92 Å². The van der Waals surface area contributed by atoms with Gasteiger partial charge in [-0.15, -0.1) is 0 Å². The summed E-state index contributed by atoms with van der Waals surface area (Å²) in [6.45, 7) is 4.17. The highest BCUT2D eigenvalue weighted by atomic mass is 16.1. The summed E-state index contributed by atoms with van der Waals surface area (Å²) in [7, 11) is 0. The monoisotopic (exact) mass is 178 g/mol. The summed E-state index contributed by atoms with van der Waals surface area (Å²) >= 11 is 0. The maximum Gasteiger partial charge on any atom is 0.154 e. The number of carbonyl (C=O) groups is 1. The first-order valence-corrected chi connectivity index (χ1v) is 4.37. The van der Waals surface area contributed by atoms with E-state index >= 15 is 0 Å². The summed E-state index contributed by atoms with van der Waals surface area (Å²) in [5, 5.41) is 3.01. The summed E-state index contributed by atoms with van der Waals surface area (Å²) in [5.74, 6) is 0.299. The Kier molecular flexibility index (Phi) is 3.43. The fourth-order valence-electron chi connectivity index (χ4n) is 0.861. The Hall–Kier alpha value is -1.38. The maximum absolute atomic E-state index is 11.2. The van der Waals surface area contributed by atoms with Gasteiger partial charge in [0.25, 0.3) is 0 Å². The Labute approximate surface area is 78.2 Å². The molecule has 0 saturated heterocycles. The highest BCUT2D eigenvalue weighted by Gasteiger charge is 2.05. The topological polar surface area (TPSA) is 42.0 Å². The molecule has 0 aromatic carbocycles. The number of anilines is 1. The van der Waals surface area contributed by atoms with Crippen molar-refractivity contribution in [2.45, 2.75) is 13.8 Å². The molecule has 1 aromatic heterocycles. The Morgan fingerprint density at radius 1 is 1.62 bits per heavy atom. The van der Waals surface area contributed by atoms with Crippen LogP contribution in [0.2, 0.25) is 0 Å². The van der Waals surface area contributed by atoms with Crippen molar-refractivity contribution < 1.29 is 4.79 Å². The van der Waals surface area contributed by atoms with Crippen molar-refractivity contribution in [3.05, 3.63) is 24.5 Å². The molecule has 0 aliphatic carbocycles. The Bertz CT molecular complexity index is 270. The molecule has 70 valence electrons. The molecule has 0 atom stereocenters. The molecular weight excluding hydrogens is 164 g/mol. The normalized spacial score (nSPS) is 10.1. The van der Waals surface area contributed by atoms with E-state index in [2.05, 4.69) is 10.3 Å². The van der Waals surface area contributed by atoms with Gasteiger partial charge in [0, 0.05) is 18.3 Å². The van der Waals surface area contributed by atoms with Crippen LogP contribution in [0.25, 0.3) is 0 Å². The van der Waals surface area contributed by atoms with Crippen molar-refractivity contribution in [2.24, 2.45) is 5.92 Å². The zero-order chi connectivity index (χ0) is 9.68. The molecule has 13 heavy (non-hydrogen) atoms. The lowest BCUT2D eigenvalue weighted by Gasteiger charge is -2.06. The lowest BCUT2D eigenvalue weighted by atomic mass is 10.1. The summed E-state index contributed by atoms with van der Waals surface area (Å²) < 4.78 is 0. The highest BCUT2D eigenvalue weighted by molar-refractivity contribution is 5.84. The van der Waals surface area contributed by atoms with Crippen molar-refractivity contribution in [1.29, 1.82) is 0 Å². The van der Waals surface area contributed by atoms with Gasteiger partial charge in [0.2, 0.25) is 0 Å². The van der Waals surface area contributed by atoms with Gasteiger partial charge in [-0.25, -0.2) is 0 Å². The number of rotatable bonds is 4. The minimum absolute atomic E-state index is 0.0872. The number of carbonyl (C=O) groups excluding carboxylic acids is 1. The highest BCUT2D eigenvalue weighted by Crippen LogP contribution is 2.03. The molecule has 0 spiro atoms. The summed E-state index contributed by atoms with van der Waals surface area (Å²) in [4.78, 5) is 15.2. The quantitative estimate of drug-likeness (QED) is 0.763. The van der Waals surface area contributed by atoms with E-state index in [4.69, 9.17) is 0 Å². The van der Waals surface area contributed by atoms with Gasteiger partial charge in [-0.05, 0) is 12.1 Å². The zero-order valence-corrected chi connectivity index (χ0v) is 7.95. The number of nitrogens with zero attached hydrogens (tertiary/aromatic N) is 1. The molecule has 0 saturated carbocycles. The number of aromatic nitrogens is 1. The van der Waals surface area contributed by atoms with Crippen LogP contribution in [0.15, 0.2) is 24.5 Å². The summed E-state index contributed by atoms with van der Waals surface area (Å²) in [5.41, 5.74) is 0.886. The molecule has 0 aliphatic rings. The average Bonchev–Trinajstić information content (AvgIpc) is 2.15. The minimum atomic E-state index is 0.0872. The van der Waals surface area contributed by atoms with Gasteiger partial charge in [0.1, 0.15) is 0 Å². The minimum Gasteiger partial charge on any atom is -0.377 e. The Balaban J connectivity index is 2.40. The van der Waals surface area contributed by atoms with Crippen LogP contribution < -0.4 is 5.32 Å². The number of nitrogens with one attached hydrogen (secondary N) is 1. The SMILES string of the molecule is CC(C)C(=O)CNc1cccnc1. The molecule has 1 N–H and O–H groups in total. The number of hydrogen-bond acceptors (Lipinski definition) is 3. The first-order valence-electron chi connectivity index (χ1n) is 4.37. The fourth-order valence-corrected chi connectivity index (χ4v) is 0.861. The molecule has 3 heteroatoms. The second-order valence-electron chi connectivity index (χ2n) is 3.22. The smallest absolute Gasteiger partial charge is 0.154 e. The van der Waals surface area contributed by atoms with Crippen LogP contribution in [0.3, 0.4) is 0 Å². The van der Waals surface area contributed by atoms with E-state index in [1.54, 1.807) is 12.4 Å². The molecule has 1 aromatic rings. The molecule has 0 fully saturated rings. The van der Waals surface area contributed by atoms with E-state index in [1.807, 2.05) is 26.0 Å². The van der Waals surface area contributed by atoms with Gasteiger partial charge in [0.15, 0.2) is 5.78 Å². The van der Waals surface area contributed by atoms with Gasteiger partial charge in [-0.3, -0.25) is 9.78 Å². The fraction of sp³-hybridized carbons (Fsp3) is 0.400. The number of ketones is 1. The van der Waals surface area contributed by atoms with Gasteiger partial charge >= 0.3 is 0 Å². The molecule has 0 radical (unpaired) electrons. The van der Waals surface area contributed by atoms with Crippen LogP contribution in [0.5, 0.6) is 0 Å². The van der Waals surface area contributed by atoms with E-state index in [-0.39, 0.29) is 11.7 Å². The number of Topliss-reactive ketones (excluding diaryl/α,β-unsaturated/α-hetero) is 1. The predicted molar refractivity (Wildman–Crippen MR) is 52.6 cm³/mol. The van der Waals surface area contributed by atoms with Crippen LogP contribution in [0.4, 0.5) is 5.69 Å². The van der Waals surface area contributed by atoms with Crippen molar-refractivity contribution >= 4 is 11.5 Å². The van der Waals surface area contributed by atoms with Gasteiger partial charge < -0.3 is 5.32 Å². The third kappa shape index (κ3) is 3.23. The Morgan fingerprint density at radius 2 is 2.38 bits per heavy atom. The third-order valence-corrected chi connectivity index (χ3v) is 1.77. The molecule has 3 nitrogen and oxygen atoms in total. The van der Waals surface area contributed by atoms with Gasteiger partial charge in [0.05, 0.1) is 12.2 Å². The molecule has 1 heterocycles. The molecule has 1 rings (SSSR count). The molecule has 0 bridgehead atoms. The molecular formula is C10H14N2O. The molecule has 0 amide bonds. The zero-order valence-electron chi connectivity index (χ0n) is 7.95. The van der Waals surface area contributed by atoms with Crippen LogP contribution in [-0.2, 0) is 4.79 Å². The number of hydrogen-bond donors (Lipinski definition) is 1. The largest absolute Gasteiger partial charge is 0.377 e. The van der Waals surface area contributed by atoms with Gasteiger partial charge in [-0.2, -0.15) is 0 Å². The van der Waals surface area contributed by atoms with Crippen molar-refractivity contribution in [3.8, 4) is 0 Å². The third-order valence-electron chi connectivity index (χ3n) is 1.77. The predicted octanol–water partition coefficient (Wildman–Crippen LogP) is 1.72. The van der Waals surface area contributed by atoms with Crippen LogP contribution in [0.1, 0.15) is 13.8 Å². The van der Waals surface area contributed by atoms with Crippen LogP contribution in [-0.4, -0.2) is 17.3 Å². The molecule has 0 unspecified atom stereocenters. The first-order chi connectivity index (χ1) is 6.20. The summed E-state index contributed by atoms with van der Waals surface area (Å²) in [6.07, 6.45) is 3.41. The van der Waals surface area contributed by atoms with Crippen molar-refractivity contribution in [1.82, 2.24) is 4.98 Å². The van der Waals surface area contributed by atoms with E-state index in [1.165, 1.54) is 0 Å². The first kappa shape index (κ1) is 9.71. The van der Waals surface area contributed by atoms with Gasteiger partial charge in [-0.1, -0.05) is 13.8 Å². The van der Waals surface area contributed by atoms with E-state index < -0.39 is 0 Å². The summed E-state index contributed by atoms with van der Waals surface area (Å²) in [6, 6.07) is 3.72. The van der Waals surface area contributed by atoms with E-state index in [0.717, 1.165) is 5.69 Å². The Morgan fingerprint density at radius 3 is 2.92 bits per heavy atom. The standard InChI is InChI=1S/C10H14N2O/c1-8(2)10(13)7-12-9-4-3-5-11-6-9/h3-6,8,12H,7H2,1-2H3. The van der Waals surface area contributed by atoms with Crippen molar-refractivity contribution in [2.75, 3.05) is 11.9 Å². The maximum atomic E-state index is 11.2. The average molecular weight is 178 g/mol. The van der Waals surface area contributed by atoms with Crippen molar-refractivity contribution in [3.63, 3.8) is 0 Å². The lowest BCUT2D eigenvalue weighted by molar-refractivity contribution is -0.120. The molecule has 0 aliphatic heterocycles. The van der Waals surface area contributed by atoms with E-state index in [0.29, 0.717) is 6.54 Å². The second kappa shape index (κ2) is 4.60. The van der Waals surface area contributed by atoms with Crippen LogP contribution >= 0.6 is 0 Å². The second-order valence-corrected chi connectivity index (χ2v) is 3.22. The lowest BCUT2D eigenvalue weighted by Crippen LogP contribution is -2.18.